The molecule has 0 saturated carbocycles. The predicted molar refractivity (Wildman–Crippen MR) is 75.2 cm³/mol. The molecule has 0 heterocycles. The second-order valence-corrected chi connectivity index (χ2v) is 5.99. The fraction of sp³-hybridized carbons (Fsp3) is 0.0769. The summed E-state index contributed by atoms with van der Waals surface area (Å²) < 4.78 is 45.0. The lowest BCUT2D eigenvalue weighted by Crippen LogP contribution is -2.14. The molecule has 20 heavy (non-hydrogen) atoms. The normalized spacial score (nSPS) is 11.2. The molecule has 0 aliphatic heterocycles. The lowest BCUT2D eigenvalue weighted by atomic mass is 10.3. The van der Waals surface area contributed by atoms with Crippen LogP contribution in [0.25, 0.3) is 0 Å². The van der Waals surface area contributed by atoms with Gasteiger partial charge in [-0.25, -0.2) is 12.8 Å². The van der Waals surface area contributed by atoms with Gasteiger partial charge in [0.2, 0.25) is 0 Å². The first-order valence-corrected chi connectivity index (χ1v) is 7.40. The van der Waals surface area contributed by atoms with E-state index in [9.17, 15) is 12.8 Å². The molecule has 0 aliphatic carbocycles. The molecule has 0 radical (unpaired) electrons. The Labute approximate surface area is 121 Å². The summed E-state index contributed by atoms with van der Waals surface area (Å²) in [5.74, 6) is -0.602. The Balaban J connectivity index is 2.40. The van der Waals surface area contributed by atoms with Gasteiger partial charge in [0.05, 0.1) is 7.11 Å². The van der Waals surface area contributed by atoms with E-state index >= 15 is 0 Å². The Bertz CT molecular complexity index is 717. The molecule has 1 N–H and O–H groups in total. The number of halogens is 2. The molecule has 0 saturated heterocycles. The van der Waals surface area contributed by atoms with E-state index in [1.54, 1.807) is 12.1 Å². The molecule has 2 aromatic carbocycles. The van der Waals surface area contributed by atoms with Crippen molar-refractivity contribution in [3.63, 3.8) is 0 Å². The molecular weight excluding hydrogens is 305 g/mol. The van der Waals surface area contributed by atoms with Crippen LogP contribution in [0.2, 0.25) is 5.02 Å². The number of hydrogen-bond donors (Lipinski definition) is 1. The number of benzene rings is 2. The summed E-state index contributed by atoms with van der Waals surface area (Å²) in [6.45, 7) is 0. The third kappa shape index (κ3) is 3.20. The van der Waals surface area contributed by atoms with Gasteiger partial charge in [0.15, 0.2) is 0 Å². The summed E-state index contributed by atoms with van der Waals surface area (Å²) in [6.07, 6.45) is 0. The van der Waals surface area contributed by atoms with E-state index in [0.717, 1.165) is 12.1 Å². The maximum absolute atomic E-state index is 13.2. The largest absolute Gasteiger partial charge is 0.495 e. The number of nitrogens with one attached hydrogen (secondary N) is 1. The molecule has 2 aromatic rings. The first-order valence-electron chi connectivity index (χ1n) is 5.54. The van der Waals surface area contributed by atoms with E-state index < -0.39 is 15.8 Å². The van der Waals surface area contributed by atoms with Crippen molar-refractivity contribution in [2.45, 2.75) is 4.90 Å². The van der Waals surface area contributed by atoms with Crippen LogP contribution >= 0.6 is 11.6 Å². The third-order valence-electron chi connectivity index (χ3n) is 2.51. The molecule has 0 bridgehead atoms. The fourth-order valence-corrected chi connectivity index (χ4v) is 2.95. The molecule has 4 nitrogen and oxygen atoms in total. The van der Waals surface area contributed by atoms with Crippen LogP contribution in [0.5, 0.6) is 5.75 Å². The summed E-state index contributed by atoms with van der Waals surface area (Å²) in [5, 5.41) is 0.483. The Hall–Kier alpha value is -1.79. The molecule has 0 amide bonds. The average Bonchev–Trinajstić information content (AvgIpc) is 2.41. The van der Waals surface area contributed by atoms with E-state index in [1.807, 2.05) is 0 Å². The summed E-state index contributed by atoms with van der Waals surface area (Å²) in [7, 11) is -2.64. The molecule has 0 spiro atoms. The van der Waals surface area contributed by atoms with Crippen molar-refractivity contribution in [2.24, 2.45) is 0 Å². The summed E-state index contributed by atoms with van der Waals surface area (Å²) >= 11 is 5.72. The van der Waals surface area contributed by atoms with Gasteiger partial charge < -0.3 is 4.74 Å². The van der Waals surface area contributed by atoms with Crippen LogP contribution in [0.3, 0.4) is 0 Å². The van der Waals surface area contributed by atoms with Crippen LogP contribution < -0.4 is 9.46 Å². The Kier molecular flexibility index (Phi) is 4.15. The number of methoxy groups -OCH3 is 1. The third-order valence-corrected chi connectivity index (χ3v) is 4.17. The molecule has 0 aromatic heterocycles. The lowest BCUT2D eigenvalue weighted by Gasteiger charge is -2.11. The Morgan fingerprint density at radius 3 is 2.40 bits per heavy atom. The monoisotopic (exact) mass is 315 g/mol. The lowest BCUT2D eigenvalue weighted by molar-refractivity contribution is 0.401. The van der Waals surface area contributed by atoms with Crippen LogP contribution in [0.4, 0.5) is 10.1 Å². The maximum atomic E-state index is 13.2. The molecular formula is C13H11ClFNO3S. The number of anilines is 1. The van der Waals surface area contributed by atoms with E-state index in [2.05, 4.69) is 4.72 Å². The summed E-state index contributed by atoms with van der Waals surface area (Å²) in [6, 6.07) is 9.38. The number of rotatable bonds is 4. The van der Waals surface area contributed by atoms with Gasteiger partial charge in [0.25, 0.3) is 10.0 Å². The molecule has 0 atom stereocenters. The second kappa shape index (κ2) is 5.68. The Morgan fingerprint density at radius 1 is 1.15 bits per heavy atom. The van der Waals surface area contributed by atoms with Crippen LogP contribution in [-0.4, -0.2) is 15.5 Å². The SMILES string of the molecule is COc1ccc(F)cc1S(=O)(=O)Nc1ccc(Cl)cc1. The molecule has 7 heteroatoms. The van der Waals surface area contributed by atoms with Gasteiger partial charge in [-0.3, -0.25) is 4.72 Å². The minimum atomic E-state index is -3.95. The van der Waals surface area contributed by atoms with Crippen LogP contribution in [0.1, 0.15) is 0 Å². The van der Waals surface area contributed by atoms with Crippen LogP contribution in [0, 0.1) is 5.82 Å². The van der Waals surface area contributed by atoms with Crippen molar-refractivity contribution < 1.29 is 17.5 Å². The van der Waals surface area contributed by atoms with Gasteiger partial charge in [0.1, 0.15) is 16.5 Å². The highest BCUT2D eigenvalue weighted by Gasteiger charge is 2.20. The van der Waals surface area contributed by atoms with E-state index in [-0.39, 0.29) is 10.6 Å². The quantitative estimate of drug-likeness (QED) is 0.942. The maximum Gasteiger partial charge on any atom is 0.265 e. The van der Waals surface area contributed by atoms with E-state index in [1.165, 1.54) is 25.3 Å². The standard InChI is InChI=1S/C13H11ClFNO3S/c1-19-12-7-4-10(15)8-13(12)20(17,18)16-11-5-2-9(14)3-6-11/h2-8,16H,1H3. The predicted octanol–water partition coefficient (Wildman–Crippen LogP) is 3.29. The van der Waals surface area contributed by atoms with Crippen molar-refractivity contribution >= 4 is 27.3 Å². The molecule has 106 valence electrons. The minimum Gasteiger partial charge on any atom is -0.495 e. The molecule has 0 aliphatic rings. The van der Waals surface area contributed by atoms with Crippen molar-refractivity contribution in [1.29, 1.82) is 0 Å². The van der Waals surface area contributed by atoms with Crippen molar-refractivity contribution in [3.05, 3.63) is 53.3 Å². The van der Waals surface area contributed by atoms with Gasteiger partial charge in [0, 0.05) is 10.7 Å². The summed E-state index contributed by atoms with van der Waals surface area (Å²) in [5.41, 5.74) is 0.320. The number of hydrogen-bond acceptors (Lipinski definition) is 3. The van der Waals surface area contributed by atoms with E-state index in [0.29, 0.717) is 10.7 Å². The zero-order valence-corrected chi connectivity index (χ0v) is 12.0. The first kappa shape index (κ1) is 14.6. The first-order chi connectivity index (χ1) is 9.42. The number of sulfonamides is 1. The highest BCUT2D eigenvalue weighted by molar-refractivity contribution is 7.92. The fourth-order valence-electron chi connectivity index (χ4n) is 1.59. The van der Waals surface area contributed by atoms with Gasteiger partial charge in [-0.05, 0) is 42.5 Å². The second-order valence-electron chi connectivity index (χ2n) is 3.91. The van der Waals surface area contributed by atoms with Crippen molar-refractivity contribution in [2.75, 3.05) is 11.8 Å². The smallest absolute Gasteiger partial charge is 0.265 e. The topological polar surface area (TPSA) is 55.4 Å². The molecule has 0 unspecified atom stereocenters. The summed E-state index contributed by atoms with van der Waals surface area (Å²) in [4.78, 5) is -0.269. The number of ether oxygens (including phenoxy) is 1. The van der Waals surface area contributed by atoms with Crippen molar-refractivity contribution in [3.8, 4) is 5.75 Å². The van der Waals surface area contributed by atoms with Crippen LogP contribution in [-0.2, 0) is 10.0 Å². The van der Waals surface area contributed by atoms with Gasteiger partial charge in [-0.2, -0.15) is 0 Å². The van der Waals surface area contributed by atoms with E-state index in [4.69, 9.17) is 16.3 Å². The van der Waals surface area contributed by atoms with Gasteiger partial charge in [-0.1, -0.05) is 11.6 Å². The van der Waals surface area contributed by atoms with Gasteiger partial charge >= 0.3 is 0 Å². The minimum absolute atomic E-state index is 0.0628. The Morgan fingerprint density at radius 2 is 1.80 bits per heavy atom. The van der Waals surface area contributed by atoms with Crippen LogP contribution in [0.15, 0.2) is 47.4 Å². The molecule has 2 rings (SSSR count). The van der Waals surface area contributed by atoms with Crippen molar-refractivity contribution in [1.82, 2.24) is 0 Å². The highest BCUT2D eigenvalue weighted by atomic mass is 35.5. The zero-order valence-electron chi connectivity index (χ0n) is 10.4. The molecule has 0 fully saturated rings. The van der Waals surface area contributed by atoms with Gasteiger partial charge in [-0.15, -0.1) is 0 Å². The zero-order chi connectivity index (χ0) is 14.8. The highest BCUT2D eigenvalue weighted by Crippen LogP contribution is 2.26. The average molecular weight is 316 g/mol.